The Morgan fingerprint density at radius 2 is 2.00 bits per heavy atom. The lowest BCUT2D eigenvalue weighted by Gasteiger charge is -2.36. The molecule has 0 spiro atoms. The Bertz CT molecular complexity index is 903. The summed E-state index contributed by atoms with van der Waals surface area (Å²) in [6, 6.07) is 14.8. The third-order valence-corrected chi connectivity index (χ3v) is 5.19. The average molecular weight is 348 g/mol. The summed E-state index contributed by atoms with van der Waals surface area (Å²) in [5.41, 5.74) is 2.94. The van der Waals surface area contributed by atoms with Gasteiger partial charge < -0.3 is 4.57 Å². The molecule has 4 rings (SSSR count). The number of pyridine rings is 1. The number of imidazole rings is 1. The number of hydrogen-bond donors (Lipinski definition) is 0. The quantitative estimate of drug-likeness (QED) is 0.660. The van der Waals surface area contributed by atoms with Crippen LogP contribution >= 0.6 is 0 Å². The average Bonchev–Trinajstić information content (AvgIpc) is 3.03. The van der Waals surface area contributed by atoms with Gasteiger partial charge in [0.05, 0.1) is 0 Å². The van der Waals surface area contributed by atoms with Gasteiger partial charge in [-0.3, -0.25) is 9.69 Å². The molecule has 26 heavy (non-hydrogen) atoms. The molecule has 0 unspecified atom stereocenters. The summed E-state index contributed by atoms with van der Waals surface area (Å²) in [6.45, 7) is 4.38. The topological polar surface area (TPSA) is 51.0 Å². The number of rotatable bonds is 5. The van der Waals surface area contributed by atoms with Gasteiger partial charge in [0.1, 0.15) is 5.52 Å². The van der Waals surface area contributed by atoms with Crippen LogP contribution in [0.25, 0.3) is 11.2 Å². The van der Waals surface area contributed by atoms with E-state index < -0.39 is 0 Å². The smallest absolute Gasteiger partial charge is 0.195 e. The number of likely N-dealkylation sites (tertiary alicyclic amines) is 1. The van der Waals surface area contributed by atoms with Gasteiger partial charge in [-0.2, -0.15) is 0 Å². The van der Waals surface area contributed by atoms with Crippen molar-refractivity contribution in [2.75, 3.05) is 6.54 Å². The fourth-order valence-electron chi connectivity index (χ4n) is 3.90. The molecule has 0 saturated carbocycles. The maximum absolute atomic E-state index is 12.1. The second-order valence-corrected chi connectivity index (χ2v) is 7.05. The van der Waals surface area contributed by atoms with E-state index in [1.807, 2.05) is 16.7 Å². The number of ketones is 1. The summed E-state index contributed by atoms with van der Waals surface area (Å²) in [4.78, 5) is 23.7. The molecule has 0 amide bonds. The van der Waals surface area contributed by atoms with Gasteiger partial charge in [0, 0.05) is 32.3 Å². The molecule has 1 fully saturated rings. The standard InChI is InChI=1S/C21H24N4O/c1-16(26)20-23-19-11-7-12-22-21(19)25(20)15-18-10-5-6-13-24(18)14-17-8-3-2-4-9-17/h2-4,7-9,11-12,18H,5-6,10,13-15H2,1H3/t18-/m0/s1. The first kappa shape index (κ1) is 16.9. The Balaban J connectivity index is 1.63. The van der Waals surface area contributed by atoms with Gasteiger partial charge in [-0.15, -0.1) is 0 Å². The predicted octanol–water partition coefficient (Wildman–Crippen LogP) is 3.69. The second-order valence-electron chi connectivity index (χ2n) is 7.05. The van der Waals surface area contributed by atoms with Crippen molar-refractivity contribution in [3.63, 3.8) is 0 Å². The molecular formula is C21H24N4O. The molecule has 1 saturated heterocycles. The first-order valence-corrected chi connectivity index (χ1v) is 9.32. The van der Waals surface area contributed by atoms with Crippen LogP contribution in [0.2, 0.25) is 0 Å². The summed E-state index contributed by atoms with van der Waals surface area (Å²) in [5.74, 6) is 0.511. The summed E-state index contributed by atoms with van der Waals surface area (Å²) in [5, 5.41) is 0. The molecule has 0 radical (unpaired) electrons. The molecular weight excluding hydrogens is 324 g/mol. The summed E-state index contributed by atoms with van der Waals surface area (Å²) in [7, 11) is 0. The zero-order chi connectivity index (χ0) is 17.9. The fraction of sp³-hybridized carbons (Fsp3) is 0.381. The molecule has 0 N–H and O–H groups in total. The van der Waals surface area contributed by atoms with E-state index in [9.17, 15) is 4.79 Å². The zero-order valence-electron chi connectivity index (χ0n) is 15.1. The highest BCUT2D eigenvalue weighted by molar-refractivity contribution is 5.94. The Kier molecular flexibility index (Phi) is 4.80. The Hall–Kier alpha value is -2.53. The van der Waals surface area contributed by atoms with Crippen LogP contribution in [0.5, 0.6) is 0 Å². The molecule has 1 aromatic carbocycles. The summed E-state index contributed by atoms with van der Waals surface area (Å²) in [6.07, 6.45) is 5.36. The highest BCUT2D eigenvalue weighted by atomic mass is 16.1. The van der Waals surface area contributed by atoms with Gasteiger partial charge in [-0.1, -0.05) is 36.8 Å². The minimum absolute atomic E-state index is 0.00609. The van der Waals surface area contributed by atoms with Crippen LogP contribution in [0.1, 0.15) is 42.4 Å². The molecule has 1 atom stereocenters. The van der Waals surface area contributed by atoms with E-state index >= 15 is 0 Å². The van der Waals surface area contributed by atoms with Crippen molar-refractivity contribution in [2.45, 2.75) is 45.3 Å². The minimum atomic E-state index is -0.00609. The lowest BCUT2D eigenvalue weighted by Crippen LogP contribution is -2.42. The van der Waals surface area contributed by atoms with Crippen LogP contribution in [0.15, 0.2) is 48.7 Å². The van der Waals surface area contributed by atoms with E-state index in [-0.39, 0.29) is 5.78 Å². The number of nitrogens with zero attached hydrogens (tertiary/aromatic N) is 4. The molecule has 0 aliphatic carbocycles. The predicted molar refractivity (Wildman–Crippen MR) is 102 cm³/mol. The van der Waals surface area contributed by atoms with Gasteiger partial charge in [-0.25, -0.2) is 9.97 Å². The highest BCUT2D eigenvalue weighted by Gasteiger charge is 2.25. The van der Waals surface area contributed by atoms with Crippen LogP contribution in [-0.2, 0) is 13.1 Å². The maximum atomic E-state index is 12.1. The number of aromatic nitrogens is 3. The van der Waals surface area contributed by atoms with Crippen molar-refractivity contribution in [1.29, 1.82) is 0 Å². The van der Waals surface area contributed by atoms with E-state index in [0.29, 0.717) is 11.9 Å². The number of carbonyl (C=O) groups is 1. The van der Waals surface area contributed by atoms with Crippen LogP contribution in [-0.4, -0.2) is 37.8 Å². The number of piperidine rings is 1. The Labute approximate surface area is 153 Å². The van der Waals surface area contributed by atoms with Crippen molar-refractivity contribution in [3.8, 4) is 0 Å². The molecule has 134 valence electrons. The third kappa shape index (κ3) is 3.40. The number of Topliss-reactive ketones (excluding diaryl/α,β-unsaturated/α-hetero) is 1. The van der Waals surface area contributed by atoms with Crippen molar-refractivity contribution in [3.05, 3.63) is 60.0 Å². The first-order chi connectivity index (χ1) is 12.7. The minimum Gasteiger partial charge on any atom is -0.305 e. The zero-order valence-corrected chi connectivity index (χ0v) is 15.1. The van der Waals surface area contributed by atoms with Gasteiger partial charge in [0.2, 0.25) is 0 Å². The van der Waals surface area contributed by atoms with Crippen molar-refractivity contribution in [2.24, 2.45) is 0 Å². The van der Waals surface area contributed by atoms with E-state index in [1.165, 1.54) is 18.4 Å². The molecule has 3 aromatic rings. The van der Waals surface area contributed by atoms with E-state index in [0.717, 1.165) is 37.2 Å². The monoisotopic (exact) mass is 348 g/mol. The van der Waals surface area contributed by atoms with Crippen LogP contribution in [0, 0.1) is 0 Å². The van der Waals surface area contributed by atoms with Gasteiger partial charge in [-0.05, 0) is 37.1 Å². The number of hydrogen-bond acceptors (Lipinski definition) is 4. The molecule has 3 heterocycles. The summed E-state index contributed by atoms with van der Waals surface area (Å²) < 4.78 is 2.02. The lowest BCUT2D eigenvalue weighted by molar-refractivity contribution is 0.0987. The van der Waals surface area contributed by atoms with E-state index in [1.54, 1.807) is 13.1 Å². The van der Waals surface area contributed by atoms with E-state index in [4.69, 9.17) is 0 Å². The third-order valence-electron chi connectivity index (χ3n) is 5.19. The number of benzene rings is 1. The van der Waals surface area contributed by atoms with Crippen molar-refractivity contribution >= 4 is 16.9 Å². The van der Waals surface area contributed by atoms with Crippen LogP contribution in [0.3, 0.4) is 0 Å². The van der Waals surface area contributed by atoms with Gasteiger partial charge in [0.15, 0.2) is 17.3 Å². The number of fused-ring (bicyclic) bond motifs is 1. The van der Waals surface area contributed by atoms with Crippen LogP contribution in [0.4, 0.5) is 0 Å². The van der Waals surface area contributed by atoms with Crippen molar-refractivity contribution in [1.82, 2.24) is 19.4 Å². The van der Waals surface area contributed by atoms with Crippen LogP contribution < -0.4 is 0 Å². The second kappa shape index (κ2) is 7.38. The SMILES string of the molecule is CC(=O)c1nc2cccnc2n1C[C@@H]1CCCCN1Cc1ccccc1. The Morgan fingerprint density at radius 1 is 1.15 bits per heavy atom. The largest absolute Gasteiger partial charge is 0.305 e. The fourth-order valence-corrected chi connectivity index (χ4v) is 3.90. The maximum Gasteiger partial charge on any atom is 0.195 e. The Morgan fingerprint density at radius 3 is 2.81 bits per heavy atom. The first-order valence-electron chi connectivity index (χ1n) is 9.32. The van der Waals surface area contributed by atoms with Crippen molar-refractivity contribution < 1.29 is 4.79 Å². The van der Waals surface area contributed by atoms with E-state index in [2.05, 4.69) is 45.2 Å². The molecule has 5 heteroatoms. The lowest BCUT2D eigenvalue weighted by atomic mass is 10.0. The molecule has 2 aromatic heterocycles. The number of carbonyl (C=O) groups excluding carboxylic acids is 1. The van der Waals surface area contributed by atoms with Gasteiger partial charge >= 0.3 is 0 Å². The molecule has 1 aliphatic heterocycles. The molecule has 0 bridgehead atoms. The summed E-state index contributed by atoms with van der Waals surface area (Å²) >= 11 is 0. The normalized spacial score (nSPS) is 18.3. The van der Waals surface area contributed by atoms with Gasteiger partial charge in [0.25, 0.3) is 0 Å². The molecule has 5 nitrogen and oxygen atoms in total. The molecule has 1 aliphatic rings. The highest BCUT2D eigenvalue weighted by Crippen LogP contribution is 2.23.